The maximum atomic E-state index is 12.4. The van der Waals surface area contributed by atoms with Crippen LogP contribution in [-0.4, -0.2) is 68.8 Å². The molecule has 27 heavy (non-hydrogen) atoms. The molecule has 9 nitrogen and oxygen atoms in total. The van der Waals surface area contributed by atoms with Crippen LogP contribution >= 0.6 is 21.6 Å². The number of carboxylic acid groups (broad SMARTS) is 1. The number of aliphatic carboxylic acids is 1. The predicted molar refractivity (Wildman–Crippen MR) is 98.2 cm³/mol. The van der Waals surface area contributed by atoms with Crippen LogP contribution in [0.5, 0.6) is 0 Å². The molecular formula is C16H22N2O7S2. The highest BCUT2D eigenvalue weighted by atomic mass is 33.1. The molecule has 1 N–H and O–H groups in total. The quantitative estimate of drug-likeness (QED) is 0.333. The van der Waals surface area contributed by atoms with E-state index >= 15 is 0 Å². The van der Waals surface area contributed by atoms with Gasteiger partial charge in [-0.25, -0.2) is 9.59 Å². The van der Waals surface area contributed by atoms with Gasteiger partial charge >= 0.3 is 11.9 Å². The number of hydroxylamine groups is 2. The number of nitrogens with zero attached hydrogens (tertiary/aromatic N) is 2. The van der Waals surface area contributed by atoms with Crippen LogP contribution in [0.25, 0.3) is 0 Å². The monoisotopic (exact) mass is 418 g/mol. The van der Waals surface area contributed by atoms with Crippen molar-refractivity contribution in [1.29, 1.82) is 0 Å². The van der Waals surface area contributed by atoms with Crippen molar-refractivity contribution in [2.24, 2.45) is 5.92 Å². The van der Waals surface area contributed by atoms with Crippen LogP contribution in [0.15, 0.2) is 0 Å². The van der Waals surface area contributed by atoms with Crippen molar-refractivity contribution in [3.8, 4) is 0 Å². The maximum Gasteiger partial charge on any atom is 0.334 e. The molecule has 0 unspecified atom stereocenters. The summed E-state index contributed by atoms with van der Waals surface area (Å²) >= 11 is 0. The van der Waals surface area contributed by atoms with Gasteiger partial charge in [0.25, 0.3) is 11.8 Å². The Labute approximate surface area is 164 Å². The first kappa shape index (κ1) is 21.5. The van der Waals surface area contributed by atoms with E-state index in [1.54, 1.807) is 6.92 Å². The first-order valence-corrected chi connectivity index (χ1v) is 11.1. The van der Waals surface area contributed by atoms with Gasteiger partial charge in [-0.15, -0.1) is 5.06 Å². The van der Waals surface area contributed by atoms with Crippen molar-refractivity contribution < 1.29 is 33.9 Å². The summed E-state index contributed by atoms with van der Waals surface area (Å²) < 4.78 is 0. The summed E-state index contributed by atoms with van der Waals surface area (Å²) in [6.45, 7) is 2.23. The summed E-state index contributed by atoms with van der Waals surface area (Å²) in [5, 5.41) is 9.68. The Balaban J connectivity index is 1.62. The van der Waals surface area contributed by atoms with Gasteiger partial charge in [0.1, 0.15) is 6.04 Å². The molecule has 2 rings (SSSR count). The Morgan fingerprint density at radius 3 is 2.52 bits per heavy atom. The Kier molecular flexibility index (Phi) is 7.96. The highest BCUT2D eigenvalue weighted by Gasteiger charge is 2.36. The van der Waals surface area contributed by atoms with Gasteiger partial charge in [-0.05, 0) is 12.8 Å². The normalized spacial score (nSPS) is 20.9. The van der Waals surface area contributed by atoms with Crippen LogP contribution in [0.3, 0.4) is 0 Å². The van der Waals surface area contributed by atoms with Gasteiger partial charge in [0.15, 0.2) is 0 Å². The van der Waals surface area contributed by atoms with Crippen LogP contribution in [0.4, 0.5) is 0 Å². The van der Waals surface area contributed by atoms with Crippen molar-refractivity contribution >= 4 is 51.2 Å². The molecule has 0 spiro atoms. The molecule has 0 saturated carbocycles. The van der Waals surface area contributed by atoms with Gasteiger partial charge in [-0.3, -0.25) is 14.4 Å². The number of carbonyl (C=O) groups is 5. The topological polar surface area (TPSA) is 121 Å². The summed E-state index contributed by atoms with van der Waals surface area (Å²) in [5.74, 6) is -2.24. The number of imide groups is 1. The summed E-state index contributed by atoms with van der Waals surface area (Å²) in [5.41, 5.74) is 0. The summed E-state index contributed by atoms with van der Waals surface area (Å²) in [4.78, 5) is 64.1. The summed E-state index contributed by atoms with van der Waals surface area (Å²) in [7, 11) is 2.79. The lowest BCUT2D eigenvalue weighted by atomic mass is 10.1. The molecule has 2 atom stereocenters. The lowest BCUT2D eigenvalue weighted by Gasteiger charge is -2.24. The first-order valence-electron chi connectivity index (χ1n) is 8.65. The second-order valence-corrected chi connectivity index (χ2v) is 8.96. The lowest BCUT2D eigenvalue weighted by Crippen LogP contribution is -2.43. The second-order valence-electron chi connectivity index (χ2n) is 6.33. The third kappa shape index (κ3) is 5.86. The van der Waals surface area contributed by atoms with E-state index in [0.29, 0.717) is 36.0 Å². The number of likely N-dealkylation sites (tertiary alicyclic amines) is 1. The molecule has 2 saturated heterocycles. The first-order chi connectivity index (χ1) is 12.8. The lowest BCUT2D eigenvalue weighted by molar-refractivity contribution is -0.197. The molecule has 2 aliphatic rings. The third-order valence-electron chi connectivity index (χ3n) is 4.23. The van der Waals surface area contributed by atoms with Crippen LogP contribution in [0, 0.1) is 5.92 Å². The van der Waals surface area contributed by atoms with Crippen LogP contribution in [0.1, 0.15) is 39.0 Å². The molecule has 150 valence electrons. The van der Waals surface area contributed by atoms with Gasteiger partial charge in [0.2, 0.25) is 5.91 Å². The van der Waals surface area contributed by atoms with E-state index in [2.05, 4.69) is 0 Å². The van der Waals surface area contributed by atoms with Crippen molar-refractivity contribution in [3.63, 3.8) is 0 Å². The predicted octanol–water partition coefficient (Wildman–Crippen LogP) is 1.08. The summed E-state index contributed by atoms with van der Waals surface area (Å²) in [6.07, 6.45) is 1.33. The molecule has 3 amide bonds. The van der Waals surface area contributed by atoms with E-state index in [0.717, 1.165) is 0 Å². The van der Waals surface area contributed by atoms with Crippen LogP contribution < -0.4 is 0 Å². The maximum absolute atomic E-state index is 12.4. The molecule has 0 aromatic rings. The Morgan fingerprint density at radius 2 is 1.89 bits per heavy atom. The average Bonchev–Trinajstić information content (AvgIpc) is 3.23. The van der Waals surface area contributed by atoms with Gasteiger partial charge in [-0.2, -0.15) is 0 Å². The Hall–Kier alpha value is -1.75. The minimum atomic E-state index is -0.969. The zero-order valence-corrected chi connectivity index (χ0v) is 16.6. The Bertz CT molecular complexity index is 612. The minimum Gasteiger partial charge on any atom is -0.480 e. The third-order valence-corrected chi connectivity index (χ3v) is 6.81. The van der Waals surface area contributed by atoms with E-state index in [1.807, 2.05) is 0 Å². The van der Waals surface area contributed by atoms with Crippen molar-refractivity contribution in [2.45, 2.75) is 45.1 Å². The van der Waals surface area contributed by atoms with Gasteiger partial charge in [0.05, 0.1) is 6.42 Å². The standard InChI is InChI=1S/C16H22N2O7S2/c1-10(15(22)17-7-2-3-11(17)16(23)24)9-27-26-8-6-14(21)25-18-12(19)4-5-13(18)20/h10-11H,2-9H2,1H3,(H,23,24)/t10-,11+/m1/s1. The van der Waals surface area contributed by atoms with Gasteiger partial charge in [0, 0.05) is 36.8 Å². The molecule has 0 aromatic carbocycles. The highest BCUT2D eigenvalue weighted by Crippen LogP contribution is 2.27. The van der Waals surface area contributed by atoms with Crippen LogP contribution in [0.2, 0.25) is 0 Å². The van der Waals surface area contributed by atoms with E-state index in [-0.39, 0.29) is 31.1 Å². The molecular weight excluding hydrogens is 396 g/mol. The zero-order chi connectivity index (χ0) is 20.0. The Morgan fingerprint density at radius 1 is 1.22 bits per heavy atom. The van der Waals surface area contributed by atoms with E-state index < -0.39 is 29.8 Å². The number of hydrogen-bond acceptors (Lipinski definition) is 8. The van der Waals surface area contributed by atoms with Crippen molar-refractivity contribution in [3.05, 3.63) is 0 Å². The molecule has 2 aliphatic heterocycles. The SMILES string of the molecule is C[C@H](CSSCCC(=O)ON1C(=O)CCC1=O)C(=O)N1CCC[C@H]1C(=O)O. The van der Waals surface area contributed by atoms with Gasteiger partial charge in [-0.1, -0.05) is 28.5 Å². The molecule has 0 radical (unpaired) electrons. The molecule has 11 heteroatoms. The van der Waals surface area contributed by atoms with Crippen molar-refractivity contribution in [1.82, 2.24) is 9.96 Å². The molecule has 0 bridgehead atoms. The fourth-order valence-corrected chi connectivity index (χ4v) is 5.10. The van der Waals surface area contributed by atoms with Crippen LogP contribution in [-0.2, 0) is 28.8 Å². The fraction of sp³-hybridized carbons (Fsp3) is 0.688. The zero-order valence-electron chi connectivity index (χ0n) is 14.9. The molecule has 2 heterocycles. The number of carboxylic acids is 1. The molecule has 2 fully saturated rings. The number of rotatable bonds is 9. The highest BCUT2D eigenvalue weighted by molar-refractivity contribution is 8.76. The number of hydrogen-bond donors (Lipinski definition) is 1. The molecule has 0 aromatic heterocycles. The second kappa shape index (κ2) is 9.98. The van der Waals surface area contributed by atoms with E-state index in [4.69, 9.17) is 9.94 Å². The summed E-state index contributed by atoms with van der Waals surface area (Å²) in [6, 6.07) is -0.733. The number of carbonyl (C=O) groups excluding carboxylic acids is 4. The average molecular weight is 418 g/mol. The van der Waals surface area contributed by atoms with Crippen molar-refractivity contribution in [2.75, 3.05) is 18.1 Å². The molecule has 0 aliphatic carbocycles. The largest absolute Gasteiger partial charge is 0.480 e. The minimum absolute atomic E-state index is 0.0320. The number of amides is 3. The van der Waals surface area contributed by atoms with E-state index in [9.17, 15) is 24.0 Å². The fourth-order valence-electron chi connectivity index (χ4n) is 2.78. The van der Waals surface area contributed by atoms with E-state index in [1.165, 1.54) is 26.5 Å². The van der Waals surface area contributed by atoms with Gasteiger partial charge < -0.3 is 14.8 Å². The smallest absolute Gasteiger partial charge is 0.334 e.